The zero-order valence-corrected chi connectivity index (χ0v) is 11.4. The smallest absolute Gasteiger partial charge is 0.327 e. The number of halogens is 2. The fourth-order valence-electron chi connectivity index (χ4n) is 1.47. The molecule has 0 aliphatic carbocycles. The summed E-state index contributed by atoms with van der Waals surface area (Å²) in [7, 11) is 0. The van der Waals surface area contributed by atoms with Gasteiger partial charge in [-0.25, -0.2) is 23.4 Å². The van der Waals surface area contributed by atoms with Gasteiger partial charge in [0.05, 0.1) is 24.8 Å². The summed E-state index contributed by atoms with van der Waals surface area (Å²) in [6.07, 6.45) is 3.29. The predicted octanol–water partition coefficient (Wildman–Crippen LogP) is 1.00. The molecule has 6 nitrogen and oxygen atoms in total. The first kappa shape index (κ1) is 13.6. The Bertz CT molecular complexity index is 646. The number of hydrogen-bond donors (Lipinski definition) is 1. The Morgan fingerprint density at radius 1 is 1.53 bits per heavy atom. The summed E-state index contributed by atoms with van der Waals surface area (Å²) in [6, 6.07) is 3.44. The maximum absolute atomic E-state index is 12.4. The first-order chi connectivity index (χ1) is 9.15. The number of pyridine rings is 1. The van der Waals surface area contributed by atoms with Crippen LogP contribution in [0.4, 0.5) is 4.39 Å². The lowest BCUT2D eigenvalue weighted by molar-refractivity contribution is 0.612. The van der Waals surface area contributed by atoms with Gasteiger partial charge in [0.25, 0.3) is 0 Å². The predicted molar refractivity (Wildman–Crippen MR) is 71.6 cm³/mol. The van der Waals surface area contributed by atoms with E-state index in [2.05, 4.69) is 26.0 Å². The molecule has 0 bridgehead atoms. The van der Waals surface area contributed by atoms with Crippen LogP contribution in [0.2, 0.25) is 0 Å². The molecule has 2 heterocycles. The highest BCUT2D eigenvalue weighted by atomic mass is 79.9. The molecule has 0 fully saturated rings. The van der Waals surface area contributed by atoms with Gasteiger partial charge in [-0.3, -0.25) is 0 Å². The van der Waals surface area contributed by atoms with E-state index in [9.17, 15) is 9.18 Å². The van der Waals surface area contributed by atoms with E-state index in [0.29, 0.717) is 22.2 Å². The monoisotopic (exact) mass is 327 g/mol. The lowest BCUT2D eigenvalue weighted by atomic mass is 10.3. The molecule has 0 unspecified atom stereocenters. The Kier molecular flexibility index (Phi) is 4.23. The van der Waals surface area contributed by atoms with Crippen LogP contribution in [0.5, 0.6) is 0 Å². The molecule has 2 rings (SSSR count). The van der Waals surface area contributed by atoms with Gasteiger partial charge in [0.1, 0.15) is 10.9 Å². The Balaban J connectivity index is 2.33. The minimum absolute atomic E-state index is 0.0305. The Labute approximate surface area is 116 Å². The van der Waals surface area contributed by atoms with Crippen molar-refractivity contribution in [1.82, 2.24) is 19.3 Å². The van der Waals surface area contributed by atoms with Crippen molar-refractivity contribution < 1.29 is 4.39 Å². The quantitative estimate of drug-likeness (QED) is 0.850. The molecule has 0 aromatic carbocycles. The number of hydrogen-bond acceptors (Lipinski definition) is 4. The standard InChI is InChI=1S/C11H11BrFN5O/c12-10-2-1-9(5-15-10)17-7-16-18(11(17)19)6-8(3-13)4-14/h1-3,5,7H,4,6,14H2/b8-3+. The highest BCUT2D eigenvalue weighted by molar-refractivity contribution is 9.10. The highest BCUT2D eigenvalue weighted by Gasteiger charge is 2.08. The second-order valence-corrected chi connectivity index (χ2v) is 4.56. The van der Waals surface area contributed by atoms with E-state index in [1.165, 1.54) is 17.1 Å². The van der Waals surface area contributed by atoms with Crippen molar-refractivity contribution in [3.05, 3.63) is 51.6 Å². The molecule has 0 atom stereocenters. The van der Waals surface area contributed by atoms with Gasteiger partial charge in [-0.2, -0.15) is 5.10 Å². The van der Waals surface area contributed by atoms with E-state index < -0.39 is 0 Å². The van der Waals surface area contributed by atoms with Gasteiger partial charge in [0, 0.05) is 6.54 Å². The van der Waals surface area contributed by atoms with Crippen LogP contribution in [-0.4, -0.2) is 25.9 Å². The summed E-state index contributed by atoms with van der Waals surface area (Å²) in [5.74, 6) is 0. The van der Waals surface area contributed by atoms with Crippen molar-refractivity contribution in [2.75, 3.05) is 6.54 Å². The molecule has 0 radical (unpaired) electrons. The van der Waals surface area contributed by atoms with Crippen LogP contribution in [-0.2, 0) is 6.54 Å². The van der Waals surface area contributed by atoms with Crippen LogP contribution in [0, 0.1) is 0 Å². The first-order valence-corrected chi connectivity index (χ1v) is 6.19. The molecule has 0 saturated carbocycles. The van der Waals surface area contributed by atoms with Crippen LogP contribution in [0.1, 0.15) is 0 Å². The normalized spacial score (nSPS) is 11.8. The molecule has 0 aliphatic rings. The minimum atomic E-state index is -0.378. The summed E-state index contributed by atoms with van der Waals surface area (Å²) in [6.45, 7) is 0.0679. The van der Waals surface area contributed by atoms with E-state index in [4.69, 9.17) is 5.73 Å². The Hall–Kier alpha value is -1.80. The van der Waals surface area contributed by atoms with Gasteiger partial charge >= 0.3 is 5.69 Å². The highest BCUT2D eigenvalue weighted by Crippen LogP contribution is 2.08. The van der Waals surface area contributed by atoms with Gasteiger partial charge < -0.3 is 5.73 Å². The number of nitrogens with zero attached hydrogens (tertiary/aromatic N) is 4. The summed E-state index contributed by atoms with van der Waals surface area (Å²) < 4.78 is 15.6. The largest absolute Gasteiger partial charge is 0.350 e. The van der Waals surface area contributed by atoms with Crippen molar-refractivity contribution in [3.8, 4) is 5.69 Å². The van der Waals surface area contributed by atoms with Gasteiger partial charge in [0.2, 0.25) is 0 Å². The molecule has 0 amide bonds. The fraction of sp³-hybridized carbons (Fsp3) is 0.182. The van der Waals surface area contributed by atoms with Gasteiger partial charge in [-0.05, 0) is 33.6 Å². The summed E-state index contributed by atoms with van der Waals surface area (Å²) >= 11 is 3.21. The molecular formula is C11H11BrFN5O. The molecular weight excluding hydrogens is 317 g/mol. The fourth-order valence-corrected chi connectivity index (χ4v) is 1.70. The van der Waals surface area contributed by atoms with E-state index in [0.717, 1.165) is 4.68 Å². The average molecular weight is 328 g/mol. The lowest BCUT2D eigenvalue weighted by Gasteiger charge is -2.01. The molecule has 2 N–H and O–H groups in total. The molecule has 2 aromatic rings. The SMILES string of the molecule is NC/C(=C\F)Cn1ncn(-c2ccc(Br)nc2)c1=O. The second-order valence-electron chi connectivity index (χ2n) is 3.75. The number of rotatable bonds is 4. The zero-order valence-electron chi connectivity index (χ0n) is 9.83. The van der Waals surface area contributed by atoms with E-state index in [-0.39, 0.29) is 18.8 Å². The van der Waals surface area contributed by atoms with Crippen molar-refractivity contribution in [2.24, 2.45) is 5.73 Å². The van der Waals surface area contributed by atoms with Crippen LogP contribution in [0.25, 0.3) is 5.69 Å². The number of aromatic nitrogens is 4. The van der Waals surface area contributed by atoms with Crippen molar-refractivity contribution >= 4 is 15.9 Å². The van der Waals surface area contributed by atoms with E-state index in [1.807, 2.05) is 0 Å². The maximum atomic E-state index is 12.4. The minimum Gasteiger partial charge on any atom is -0.327 e. The topological polar surface area (TPSA) is 78.7 Å². The van der Waals surface area contributed by atoms with E-state index in [1.54, 1.807) is 12.1 Å². The number of nitrogens with two attached hydrogens (primary N) is 1. The zero-order chi connectivity index (χ0) is 13.8. The van der Waals surface area contributed by atoms with Crippen LogP contribution >= 0.6 is 15.9 Å². The Morgan fingerprint density at radius 3 is 2.89 bits per heavy atom. The van der Waals surface area contributed by atoms with Gasteiger partial charge in [-0.1, -0.05) is 0 Å². The van der Waals surface area contributed by atoms with Crippen LogP contribution < -0.4 is 11.4 Å². The molecule has 19 heavy (non-hydrogen) atoms. The lowest BCUT2D eigenvalue weighted by Crippen LogP contribution is -2.26. The van der Waals surface area contributed by atoms with E-state index >= 15 is 0 Å². The van der Waals surface area contributed by atoms with Crippen LogP contribution in [0.3, 0.4) is 0 Å². The van der Waals surface area contributed by atoms with Crippen molar-refractivity contribution in [3.63, 3.8) is 0 Å². The molecule has 0 aliphatic heterocycles. The summed E-state index contributed by atoms with van der Waals surface area (Å²) in [4.78, 5) is 16.1. The second kappa shape index (κ2) is 5.89. The van der Waals surface area contributed by atoms with Gasteiger partial charge in [0.15, 0.2) is 0 Å². The van der Waals surface area contributed by atoms with Gasteiger partial charge in [-0.15, -0.1) is 0 Å². The average Bonchev–Trinajstić information content (AvgIpc) is 2.78. The summed E-state index contributed by atoms with van der Waals surface area (Å²) in [5, 5.41) is 3.91. The Morgan fingerprint density at radius 2 is 2.32 bits per heavy atom. The third-order valence-corrected chi connectivity index (χ3v) is 2.96. The first-order valence-electron chi connectivity index (χ1n) is 5.40. The molecule has 100 valence electrons. The molecule has 2 aromatic heterocycles. The molecule has 0 saturated heterocycles. The van der Waals surface area contributed by atoms with Crippen molar-refractivity contribution in [1.29, 1.82) is 0 Å². The molecule has 0 spiro atoms. The van der Waals surface area contributed by atoms with Crippen molar-refractivity contribution in [2.45, 2.75) is 6.54 Å². The van der Waals surface area contributed by atoms with Crippen LogP contribution in [0.15, 0.2) is 46.0 Å². The third-order valence-electron chi connectivity index (χ3n) is 2.49. The third kappa shape index (κ3) is 2.96. The summed E-state index contributed by atoms with van der Waals surface area (Å²) in [5.41, 5.74) is 5.84. The maximum Gasteiger partial charge on any atom is 0.350 e. The molecule has 8 heteroatoms.